The molecule has 2 heterocycles. The summed E-state index contributed by atoms with van der Waals surface area (Å²) in [6.07, 6.45) is 3.94. The van der Waals surface area contributed by atoms with Gasteiger partial charge in [0.25, 0.3) is 5.91 Å². The molecule has 1 aliphatic rings. The molecule has 0 saturated carbocycles. The lowest BCUT2D eigenvalue weighted by Crippen LogP contribution is -2.34. The van der Waals surface area contributed by atoms with E-state index in [9.17, 15) is 4.79 Å². The third-order valence-corrected chi connectivity index (χ3v) is 4.13. The first-order valence-electron chi connectivity index (χ1n) is 7.71. The number of benzene rings is 1. The van der Waals surface area contributed by atoms with Crippen LogP contribution in [-0.4, -0.2) is 46.6 Å². The van der Waals surface area contributed by atoms with E-state index in [0.29, 0.717) is 24.8 Å². The molecule has 0 bridgehead atoms. The van der Waals surface area contributed by atoms with Gasteiger partial charge in [-0.05, 0) is 40.5 Å². The minimum atomic E-state index is -0.0888. The van der Waals surface area contributed by atoms with Crippen molar-refractivity contribution in [2.24, 2.45) is 0 Å². The zero-order valence-electron chi connectivity index (χ0n) is 13.3. The van der Waals surface area contributed by atoms with Gasteiger partial charge in [0, 0.05) is 25.4 Å². The Hall–Kier alpha value is -2.15. The normalized spacial score (nSPS) is 16.9. The van der Waals surface area contributed by atoms with Gasteiger partial charge in [0.05, 0.1) is 11.0 Å². The second kappa shape index (κ2) is 7.61. The molecule has 1 fully saturated rings. The summed E-state index contributed by atoms with van der Waals surface area (Å²) in [5.41, 5.74) is 1.10. The summed E-state index contributed by atoms with van der Waals surface area (Å²) in [5.74, 6) is 0.665. The third kappa shape index (κ3) is 4.44. The highest BCUT2D eigenvalue weighted by atomic mass is 79.9. The number of hydrogen-bond acceptors (Lipinski definition) is 5. The van der Waals surface area contributed by atoms with Crippen LogP contribution in [0.4, 0.5) is 0 Å². The molecule has 2 aromatic rings. The number of halogens is 1. The largest absolute Gasteiger partial charge is 0.484 e. The molecule has 0 spiro atoms. The van der Waals surface area contributed by atoms with Crippen LogP contribution in [0.25, 0.3) is 0 Å². The Morgan fingerprint density at radius 3 is 2.92 bits per heavy atom. The SMILES string of the molecule is Cc1cccc(OCC(=O)N2CC[C@@H](Oc3ncc(Br)cn3)C2)c1. The minimum absolute atomic E-state index is 0.0327. The number of carbonyl (C=O) groups is 1. The lowest BCUT2D eigenvalue weighted by atomic mass is 10.2. The Kier molecular flexibility index (Phi) is 5.30. The second-order valence-corrected chi connectivity index (χ2v) is 6.57. The molecular weight excluding hydrogens is 374 g/mol. The Bertz CT molecular complexity index is 708. The highest BCUT2D eigenvalue weighted by Crippen LogP contribution is 2.17. The number of ether oxygens (including phenoxy) is 2. The number of nitrogens with zero attached hydrogens (tertiary/aromatic N) is 3. The van der Waals surface area contributed by atoms with Crippen molar-refractivity contribution in [3.05, 3.63) is 46.7 Å². The fourth-order valence-corrected chi connectivity index (χ4v) is 2.71. The predicted octanol–water partition coefficient (Wildman–Crippen LogP) is 2.61. The van der Waals surface area contributed by atoms with Crippen LogP contribution in [0.2, 0.25) is 0 Å². The monoisotopic (exact) mass is 391 g/mol. The second-order valence-electron chi connectivity index (χ2n) is 5.66. The molecular formula is C17H18BrN3O3. The maximum Gasteiger partial charge on any atom is 0.316 e. The number of likely N-dealkylation sites (tertiary alicyclic amines) is 1. The van der Waals surface area contributed by atoms with Crippen LogP contribution in [0.15, 0.2) is 41.1 Å². The Balaban J connectivity index is 1.48. The lowest BCUT2D eigenvalue weighted by molar-refractivity contribution is -0.132. The van der Waals surface area contributed by atoms with E-state index < -0.39 is 0 Å². The van der Waals surface area contributed by atoms with Crippen LogP contribution < -0.4 is 9.47 Å². The van der Waals surface area contributed by atoms with Gasteiger partial charge in [0.15, 0.2) is 6.61 Å². The highest BCUT2D eigenvalue weighted by molar-refractivity contribution is 9.10. The van der Waals surface area contributed by atoms with E-state index >= 15 is 0 Å². The molecule has 1 aromatic carbocycles. The topological polar surface area (TPSA) is 64.5 Å². The van der Waals surface area contributed by atoms with Crippen LogP contribution in [-0.2, 0) is 4.79 Å². The molecule has 126 valence electrons. The molecule has 0 N–H and O–H groups in total. The standard InChI is InChI=1S/C17H18BrN3O3/c1-12-3-2-4-14(7-12)23-11-16(22)21-6-5-15(10-21)24-17-19-8-13(18)9-20-17/h2-4,7-9,15H,5-6,10-11H2,1H3/t15-/m1/s1. The van der Waals surface area contributed by atoms with Gasteiger partial charge in [-0.25, -0.2) is 9.97 Å². The minimum Gasteiger partial charge on any atom is -0.484 e. The van der Waals surface area contributed by atoms with Crippen molar-refractivity contribution in [3.63, 3.8) is 0 Å². The van der Waals surface area contributed by atoms with Crippen molar-refractivity contribution >= 4 is 21.8 Å². The van der Waals surface area contributed by atoms with E-state index in [0.717, 1.165) is 16.5 Å². The summed E-state index contributed by atoms with van der Waals surface area (Å²) in [7, 11) is 0. The van der Waals surface area contributed by atoms with Gasteiger partial charge in [-0.3, -0.25) is 4.79 Å². The summed E-state index contributed by atoms with van der Waals surface area (Å²) in [6.45, 7) is 3.19. The number of amides is 1. The summed E-state index contributed by atoms with van der Waals surface area (Å²) in [6, 6.07) is 7.98. The van der Waals surface area contributed by atoms with Gasteiger partial charge >= 0.3 is 6.01 Å². The van der Waals surface area contributed by atoms with Crippen LogP contribution in [0.3, 0.4) is 0 Å². The molecule has 1 aromatic heterocycles. The zero-order chi connectivity index (χ0) is 16.9. The zero-order valence-corrected chi connectivity index (χ0v) is 14.9. The van der Waals surface area contributed by atoms with Gasteiger partial charge in [0.1, 0.15) is 11.9 Å². The molecule has 1 atom stereocenters. The van der Waals surface area contributed by atoms with Crippen LogP contribution in [0, 0.1) is 6.92 Å². The lowest BCUT2D eigenvalue weighted by Gasteiger charge is -2.17. The van der Waals surface area contributed by atoms with Gasteiger partial charge in [-0.1, -0.05) is 12.1 Å². The first kappa shape index (κ1) is 16.7. The van der Waals surface area contributed by atoms with E-state index in [-0.39, 0.29) is 18.6 Å². The van der Waals surface area contributed by atoms with Gasteiger partial charge in [0.2, 0.25) is 0 Å². The molecule has 3 rings (SSSR count). The van der Waals surface area contributed by atoms with Crippen molar-refractivity contribution in [1.82, 2.24) is 14.9 Å². The van der Waals surface area contributed by atoms with Crippen molar-refractivity contribution in [2.75, 3.05) is 19.7 Å². The molecule has 0 unspecified atom stereocenters. The Morgan fingerprint density at radius 2 is 2.17 bits per heavy atom. The van der Waals surface area contributed by atoms with Crippen LogP contribution in [0.1, 0.15) is 12.0 Å². The highest BCUT2D eigenvalue weighted by Gasteiger charge is 2.28. The van der Waals surface area contributed by atoms with Crippen molar-refractivity contribution in [3.8, 4) is 11.8 Å². The Labute approximate surface area is 148 Å². The molecule has 6 nitrogen and oxygen atoms in total. The fraction of sp³-hybridized carbons (Fsp3) is 0.353. The molecule has 7 heteroatoms. The van der Waals surface area contributed by atoms with Gasteiger partial charge in [-0.15, -0.1) is 0 Å². The van der Waals surface area contributed by atoms with Crippen LogP contribution in [0.5, 0.6) is 11.8 Å². The summed E-state index contributed by atoms with van der Waals surface area (Å²) in [4.78, 5) is 22.2. The summed E-state index contributed by atoms with van der Waals surface area (Å²) in [5, 5.41) is 0. The summed E-state index contributed by atoms with van der Waals surface area (Å²) < 4.78 is 12.1. The number of rotatable bonds is 5. The molecule has 1 amide bonds. The fourth-order valence-electron chi connectivity index (χ4n) is 2.50. The average Bonchev–Trinajstić information content (AvgIpc) is 3.03. The maximum absolute atomic E-state index is 12.3. The smallest absolute Gasteiger partial charge is 0.316 e. The van der Waals surface area contributed by atoms with Crippen molar-refractivity contribution < 1.29 is 14.3 Å². The van der Waals surface area contributed by atoms with Crippen LogP contribution >= 0.6 is 15.9 Å². The quantitative estimate of drug-likeness (QED) is 0.783. The molecule has 24 heavy (non-hydrogen) atoms. The van der Waals surface area contributed by atoms with Crippen molar-refractivity contribution in [1.29, 1.82) is 0 Å². The van der Waals surface area contributed by atoms with Gasteiger partial charge < -0.3 is 14.4 Å². The predicted molar refractivity (Wildman–Crippen MR) is 92.0 cm³/mol. The Morgan fingerprint density at radius 1 is 1.38 bits per heavy atom. The van der Waals surface area contributed by atoms with Crippen molar-refractivity contribution in [2.45, 2.75) is 19.4 Å². The van der Waals surface area contributed by atoms with E-state index in [2.05, 4.69) is 25.9 Å². The molecule has 1 aliphatic heterocycles. The maximum atomic E-state index is 12.3. The first-order chi connectivity index (χ1) is 11.6. The molecule has 0 aliphatic carbocycles. The number of aromatic nitrogens is 2. The average molecular weight is 392 g/mol. The van der Waals surface area contributed by atoms with E-state index in [4.69, 9.17) is 9.47 Å². The van der Waals surface area contributed by atoms with E-state index in [1.54, 1.807) is 17.3 Å². The number of aryl methyl sites for hydroxylation is 1. The third-order valence-electron chi connectivity index (χ3n) is 3.72. The summed E-state index contributed by atoms with van der Waals surface area (Å²) >= 11 is 3.28. The first-order valence-corrected chi connectivity index (χ1v) is 8.51. The van der Waals surface area contributed by atoms with Gasteiger partial charge in [-0.2, -0.15) is 0 Å². The number of carbonyl (C=O) groups excluding carboxylic acids is 1. The number of hydrogen-bond donors (Lipinski definition) is 0. The molecule has 1 saturated heterocycles. The van der Waals surface area contributed by atoms with E-state index in [1.807, 2.05) is 31.2 Å². The molecule has 0 radical (unpaired) electrons. The van der Waals surface area contributed by atoms with E-state index in [1.165, 1.54) is 0 Å².